The van der Waals surface area contributed by atoms with Gasteiger partial charge in [-0.2, -0.15) is 0 Å². The molecule has 0 unspecified atom stereocenters. The largest absolute Gasteiger partial charge is 0.411 e. The van der Waals surface area contributed by atoms with E-state index in [0.29, 0.717) is 24.2 Å². The summed E-state index contributed by atoms with van der Waals surface area (Å²) in [5.74, 6) is 0.781. The molecule has 2 aromatic rings. The number of thioether (sulfide) groups is 1. The molecule has 0 spiro atoms. The van der Waals surface area contributed by atoms with Crippen LogP contribution in [0.25, 0.3) is 11.5 Å². The first-order valence-electron chi connectivity index (χ1n) is 7.66. The molecule has 1 aromatic carbocycles. The number of aromatic nitrogens is 2. The van der Waals surface area contributed by atoms with Crippen molar-refractivity contribution >= 4 is 33.6 Å². The highest BCUT2D eigenvalue weighted by Crippen LogP contribution is 2.25. The Morgan fingerprint density at radius 2 is 2.08 bits per heavy atom. The van der Waals surface area contributed by atoms with Crippen molar-refractivity contribution in [1.29, 1.82) is 0 Å². The van der Waals surface area contributed by atoms with E-state index in [9.17, 15) is 4.79 Å². The Hall–Kier alpha value is -1.38. The highest BCUT2D eigenvalue weighted by Gasteiger charge is 2.26. The van der Waals surface area contributed by atoms with Crippen LogP contribution in [0.3, 0.4) is 0 Å². The van der Waals surface area contributed by atoms with E-state index in [0.717, 1.165) is 10.0 Å². The summed E-state index contributed by atoms with van der Waals surface area (Å²) in [5.41, 5.74) is 0.839. The third kappa shape index (κ3) is 4.37. The molecule has 6 nitrogen and oxygen atoms in total. The number of nitrogens with zero attached hydrogens (tertiary/aromatic N) is 3. The van der Waals surface area contributed by atoms with E-state index in [2.05, 4.69) is 26.1 Å². The Labute approximate surface area is 153 Å². The number of ether oxygens (including phenoxy) is 1. The van der Waals surface area contributed by atoms with E-state index in [4.69, 9.17) is 9.15 Å². The van der Waals surface area contributed by atoms with Crippen LogP contribution < -0.4 is 0 Å². The summed E-state index contributed by atoms with van der Waals surface area (Å²) >= 11 is 4.67. The first kappa shape index (κ1) is 17.4. The molecule has 1 aliphatic rings. The fraction of sp³-hybridized carbons (Fsp3) is 0.438. The van der Waals surface area contributed by atoms with Crippen LogP contribution >= 0.6 is 27.7 Å². The van der Waals surface area contributed by atoms with Gasteiger partial charge in [-0.15, -0.1) is 10.2 Å². The highest BCUT2D eigenvalue weighted by molar-refractivity contribution is 9.10. The molecule has 3 rings (SSSR count). The van der Waals surface area contributed by atoms with Gasteiger partial charge in [0, 0.05) is 23.1 Å². The average molecular weight is 412 g/mol. The van der Waals surface area contributed by atoms with Gasteiger partial charge < -0.3 is 14.1 Å². The Kier molecular flexibility index (Phi) is 5.57. The van der Waals surface area contributed by atoms with Crippen molar-refractivity contribution in [3.8, 4) is 11.5 Å². The molecule has 1 aromatic heterocycles. The molecule has 2 atom stereocenters. The minimum atomic E-state index is 0.0594. The number of rotatable bonds is 4. The van der Waals surface area contributed by atoms with Crippen LogP contribution in [0, 0.1) is 0 Å². The van der Waals surface area contributed by atoms with Gasteiger partial charge in [0.25, 0.3) is 5.22 Å². The van der Waals surface area contributed by atoms with Crippen molar-refractivity contribution in [3.63, 3.8) is 0 Å². The summed E-state index contributed by atoms with van der Waals surface area (Å²) in [6.45, 7) is 5.20. The number of carbonyl (C=O) groups is 1. The molecular formula is C16H18BrN3O3S. The van der Waals surface area contributed by atoms with E-state index in [1.54, 1.807) is 0 Å². The second-order valence-electron chi connectivity index (χ2n) is 5.73. The maximum Gasteiger partial charge on any atom is 0.277 e. The van der Waals surface area contributed by atoms with Crippen molar-refractivity contribution in [2.45, 2.75) is 31.3 Å². The Morgan fingerprint density at radius 3 is 2.79 bits per heavy atom. The molecule has 8 heteroatoms. The lowest BCUT2D eigenvalue weighted by molar-refractivity contribution is -0.140. The molecule has 0 radical (unpaired) electrons. The number of carbonyl (C=O) groups excluding carboxylic acids is 1. The third-order valence-electron chi connectivity index (χ3n) is 3.57. The van der Waals surface area contributed by atoms with Crippen LogP contribution in [-0.4, -0.2) is 52.1 Å². The second-order valence-corrected chi connectivity index (χ2v) is 7.57. The van der Waals surface area contributed by atoms with Crippen LogP contribution in [0.15, 0.2) is 38.4 Å². The number of morpholine rings is 1. The van der Waals surface area contributed by atoms with Crippen LogP contribution in [0.1, 0.15) is 13.8 Å². The van der Waals surface area contributed by atoms with Crippen LogP contribution in [0.4, 0.5) is 0 Å². The zero-order valence-corrected chi connectivity index (χ0v) is 15.8. The number of benzene rings is 1. The Bertz CT molecular complexity index is 714. The van der Waals surface area contributed by atoms with Crippen LogP contribution in [0.2, 0.25) is 0 Å². The molecule has 1 saturated heterocycles. The quantitative estimate of drug-likeness (QED) is 0.719. The van der Waals surface area contributed by atoms with Gasteiger partial charge in [-0.05, 0) is 32.0 Å². The van der Waals surface area contributed by atoms with Crippen molar-refractivity contribution in [3.05, 3.63) is 28.7 Å². The summed E-state index contributed by atoms with van der Waals surface area (Å²) in [5, 5.41) is 8.44. The summed E-state index contributed by atoms with van der Waals surface area (Å²) in [6, 6.07) is 7.64. The van der Waals surface area contributed by atoms with Gasteiger partial charge in [0.1, 0.15) is 0 Å². The molecule has 1 fully saturated rings. The van der Waals surface area contributed by atoms with Gasteiger partial charge in [0.2, 0.25) is 11.8 Å². The third-order valence-corrected chi connectivity index (χ3v) is 4.87. The van der Waals surface area contributed by atoms with E-state index < -0.39 is 0 Å². The van der Waals surface area contributed by atoms with Crippen molar-refractivity contribution in [2.75, 3.05) is 18.8 Å². The van der Waals surface area contributed by atoms with E-state index in [-0.39, 0.29) is 23.9 Å². The summed E-state index contributed by atoms with van der Waals surface area (Å²) < 4.78 is 12.2. The lowest BCUT2D eigenvalue weighted by Crippen LogP contribution is -2.48. The number of hydrogen-bond donors (Lipinski definition) is 0. The number of halogens is 1. The average Bonchev–Trinajstić information content (AvgIpc) is 3.00. The van der Waals surface area contributed by atoms with Crippen molar-refractivity contribution in [2.24, 2.45) is 0 Å². The van der Waals surface area contributed by atoms with Crippen molar-refractivity contribution < 1.29 is 13.9 Å². The van der Waals surface area contributed by atoms with E-state index >= 15 is 0 Å². The smallest absolute Gasteiger partial charge is 0.277 e. The van der Waals surface area contributed by atoms with Gasteiger partial charge in [0.15, 0.2) is 0 Å². The molecule has 0 saturated carbocycles. The Balaban J connectivity index is 1.58. The molecule has 24 heavy (non-hydrogen) atoms. The fourth-order valence-corrected chi connectivity index (χ4v) is 3.67. The molecule has 1 aliphatic heterocycles. The first-order chi connectivity index (χ1) is 11.5. The zero-order chi connectivity index (χ0) is 17.1. The molecule has 2 heterocycles. The lowest BCUT2D eigenvalue weighted by atomic mass is 10.2. The number of hydrogen-bond acceptors (Lipinski definition) is 6. The minimum Gasteiger partial charge on any atom is -0.411 e. The molecule has 0 aliphatic carbocycles. The van der Waals surface area contributed by atoms with E-state index in [1.807, 2.05) is 43.0 Å². The summed E-state index contributed by atoms with van der Waals surface area (Å²) in [6.07, 6.45) is 0.128. The topological polar surface area (TPSA) is 68.5 Å². The van der Waals surface area contributed by atoms with Gasteiger partial charge >= 0.3 is 0 Å². The Morgan fingerprint density at radius 1 is 1.33 bits per heavy atom. The molecule has 1 amide bonds. The predicted molar refractivity (Wildman–Crippen MR) is 94.7 cm³/mol. The summed E-state index contributed by atoms with van der Waals surface area (Å²) in [4.78, 5) is 14.2. The molecule has 0 bridgehead atoms. The standard InChI is InChI=1S/C16H18BrN3O3S/c1-10-7-20(8-11(2)22-10)14(21)9-24-16-19-18-15(23-16)12-4-3-5-13(17)6-12/h3-6,10-11H,7-9H2,1-2H3/t10-,11+. The first-order valence-corrected chi connectivity index (χ1v) is 9.44. The van der Waals surface area contributed by atoms with Crippen molar-refractivity contribution in [1.82, 2.24) is 15.1 Å². The minimum absolute atomic E-state index is 0.0594. The fourth-order valence-electron chi connectivity index (χ4n) is 2.60. The van der Waals surface area contributed by atoms with Gasteiger partial charge in [-0.3, -0.25) is 4.79 Å². The molecule has 128 valence electrons. The van der Waals surface area contributed by atoms with Crippen LogP contribution in [-0.2, 0) is 9.53 Å². The van der Waals surface area contributed by atoms with E-state index in [1.165, 1.54) is 11.8 Å². The van der Waals surface area contributed by atoms with Gasteiger partial charge in [-0.1, -0.05) is 33.8 Å². The maximum atomic E-state index is 12.3. The van der Waals surface area contributed by atoms with Gasteiger partial charge in [-0.25, -0.2) is 0 Å². The van der Waals surface area contributed by atoms with Crippen LogP contribution in [0.5, 0.6) is 0 Å². The predicted octanol–water partition coefficient (Wildman–Crippen LogP) is 3.23. The highest BCUT2D eigenvalue weighted by atomic mass is 79.9. The lowest BCUT2D eigenvalue weighted by Gasteiger charge is -2.35. The molecular weight excluding hydrogens is 394 g/mol. The monoisotopic (exact) mass is 411 g/mol. The normalized spacial score (nSPS) is 21.0. The summed E-state index contributed by atoms with van der Waals surface area (Å²) in [7, 11) is 0. The maximum absolute atomic E-state index is 12.3. The van der Waals surface area contributed by atoms with Gasteiger partial charge in [0.05, 0.1) is 18.0 Å². The zero-order valence-electron chi connectivity index (χ0n) is 13.4. The SMILES string of the molecule is C[C@@H]1CN(C(=O)CSc2nnc(-c3cccc(Br)c3)o2)C[C@H](C)O1. The number of amides is 1. The molecule has 0 N–H and O–H groups in total. The second kappa shape index (κ2) is 7.67.